The topological polar surface area (TPSA) is 131 Å². The maximum Gasteiger partial charge on any atom is 0.229 e. The fraction of sp³-hybridized carbons (Fsp3) is 0.393. The molecule has 4 aromatic rings. The molecule has 1 aromatic carbocycles. The monoisotopic (exact) mass is 536 g/mol. The van der Waals surface area contributed by atoms with Crippen molar-refractivity contribution in [2.24, 2.45) is 11.7 Å². The van der Waals surface area contributed by atoms with Gasteiger partial charge in [0.1, 0.15) is 17.2 Å². The van der Waals surface area contributed by atoms with E-state index in [0.717, 1.165) is 24.1 Å². The van der Waals surface area contributed by atoms with Crippen molar-refractivity contribution in [3.05, 3.63) is 71.7 Å². The number of aliphatic hydroxyl groups is 2. The molecule has 39 heavy (non-hydrogen) atoms. The third-order valence-electron chi connectivity index (χ3n) is 8.37. The van der Waals surface area contributed by atoms with Gasteiger partial charge in [-0.2, -0.15) is 9.61 Å². The molecular formula is C28H30F2N6O3. The Morgan fingerprint density at radius 1 is 1.10 bits per heavy atom. The molecule has 1 saturated heterocycles. The van der Waals surface area contributed by atoms with Crippen molar-refractivity contribution in [3.63, 3.8) is 0 Å². The van der Waals surface area contributed by atoms with Crippen molar-refractivity contribution in [2.45, 2.75) is 49.9 Å². The fourth-order valence-corrected chi connectivity index (χ4v) is 5.56. The van der Waals surface area contributed by atoms with E-state index in [2.05, 4.69) is 20.4 Å². The zero-order valence-electron chi connectivity index (χ0n) is 21.6. The number of hydrogen-bond donors (Lipinski definition) is 4. The van der Waals surface area contributed by atoms with E-state index < -0.39 is 22.8 Å². The van der Waals surface area contributed by atoms with Crippen LogP contribution in [0, 0.1) is 17.6 Å². The number of pyridine rings is 1. The van der Waals surface area contributed by atoms with Gasteiger partial charge in [-0.3, -0.25) is 4.98 Å². The van der Waals surface area contributed by atoms with Gasteiger partial charge in [0, 0.05) is 12.2 Å². The Bertz CT molecular complexity index is 1520. The zero-order chi connectivity index (χ0) is 27.5. The second-order valence-corrected chi connectivity index (χ2v) is 11.0. The molecule has 204 valence electrons. The van der Waals surface area contributed by atoms with Crippen molar-refractivity contribution in [3.8, 4) is 11.3 Å². The molecule has 0 radical (unpaired) electrons. The minimum Gasteiger partial charge on any atom is -0.388 e. The SMILES string of the molecule is C[C@H]1C[C@@H](c2ccncc2Nc2ncc3ccc(-c4c(F)cc(C5(O)COC5)cc4F)nn23)C[C@@H](N)[C@]1(C)O. The van der Waals surface area contributed by atoms with Crippen LogP contribution in [-0.2, 0) is 10.3 Å². The number of aromatic nitrogens is 4. The molecule has 2 aliphatic rings. The summed E-state index contributed by atoms with van der Waals surface area (Å²) in [6.45, 7) is 3.76. The highest BCUT2D eigenvalue weighted by atomic mass is 19.1. The summed E-state index contributed by atoms with van der Waals surface area (Å²) in [5.41, 5.74) is 6.22. The standard InChI is InChI=1S/C28H30F2N6O3/c1-15-7-16(8-24(31)27(15,2)37)19-5-6-32-12-23(19)34-26-33-11-18-3-4-22(35-36(18)26)25-20(29)9-17(10-21(25)30)28(38)13-39-14-28/h3-6,9-12,15-16,24,37-38H,7-8,13-14,31H2,1-2H3,(H,33,34)/t15-,16+,24+,27+/m0/s1. The molecule has 4 atom stereocenters. The number of nitrogens with two attached hydrogens (primary N) is 1. The fourth-order valence-electron chi connectivity index (χ4n) is 5.56. The molecule has 3 aromatic heterocycles. The number of anilines is 2. The Hall–Kier alpha value is -3.51. The number of benzene rings is 1. The number of nitrogens with zero attached hydrogens (tertiary/aromatic N) is 4. The highest BCUT2D eigenvalue weighted by molar-refractivity contribution is 5.66. The van der Waals surface area contributed by atoms with E-state index in [4.69, 9.17) is 10.5 Å². The van der Waals surface area contributed by atoms with Crippen LogP contribution in [-0.4, -0.2) is 54.7 Å². The van der Waals surface area contributed by atoms with E-state index in [0.29, 0.717) is 23.6 Å². The average molecular weight is 537 g/mol. The number of fused-ring (bicyclic) bond motifs is 1. The van der Waals surface area contributed by atoms with Crippen LogP contribution in [0.25, 0.3) is 16.8 Å². The highest BCUT2D eigenvalue weighted by Gasteiger charge is 2.42. The summed E-state index contributed by atoms with van der Waals surface area (Å²) in [7, 11) is 0. The second-order valence-electron chi connectivity index (χ2n) is 11.0. The van der Waals surface area contributed by atoms with Crippen LogP contribution >= 0.6 is 0 Å². The minimum absolute atomic E-state index is 0.00235. The third-order valence-corrected chi connectivity index (χ3v) is 8.37. The molecule has 6 rings (SSSR count). The lowest BCUT2D eigenvalue weighted by Gasteiger charge is -2.44. The predicted octanol–water partition coefficient (Wildman–Crippen LogP) is 3.62. The van der Waals surface area contributed by atoms with Crippen LogP contribution in [0.4, 0.5) is 20.4 Å². The molecule has 0 spiro atoms. The Morgan fingerprint density at radius 2 is 1.85 bits per heavy atom. The van der Waals surface area contributed by atoms with E-state index >= 15 is 8.78 Å². The lowest BCUT2D eigenvalue weighted by atomic mass is 9.68. The first-order valence-electron chi connectivity index (χ1n) is 12.9. The quantitative estimate of drug-likeness (QED) is 0.304. The van der Waals surface area contributed by atoms with Gasteiger partial charge in [-0.15, -0.1) is 0 Å². The Morgan fingerprint density at radius 3 is 2.51 bits per heavy atom. The summed E-state index contributed by atoms with van der Waals surface area (Å²) in [5.74, 6) is -1.23. The van der Waals surface area contributed by atoms with Gasteiger partial charge in [-0.25, -0.2) is 13.8 Å². The molecular weight excluding hydrogens is 506 g/mol. The highest BCUT2D eigenvalue weighted by Crippen LogP contribution is 2.43. The molecule has 2 fully saturated rings. The molecule has 11 heteroatoms. The Balaban J connectivity index is 1.33. The molecule has 1 aliphatic carbocycles. The maximum absolute atomic E-state index is 15.1. The van der Waals surface area contributed by atoms with Gasteiger partial charge in [0.25, 0.3) is 0 Å². The third kappa shape index (κ3) is 4.35. The summed E-state index contributed by atoms with van der Waals surface area (Å²) in [6, 6.07) is 6.99. The van der Waals surface area contributed by atoms with Crippen LogP contribution in [0.3, 0.4) is 0 Å². The minimum atomic E-state index is -1.39. The zero-order valence-corrected chi connectivity index (χ0v) is 21.6. The van der Waals surface area contributed by atoms with Gasteiger partial charge >= 0.3 is 0 Å². The lowest BCUT2D eigenvalue weighted by molar-refractivity contribution is -0.184. The second kappa shape index (κ2) is 9.30. The summed E-state index contributed by atoms with van der Waals surface area (Å²) in [4.78, 5) is 8.70. The van der Waals surface area contributed by atoms with E-state index in [1.54, 1.807) is 31.6 Å². The molecule has 0 amide bonds. The number of ether oxygens (including phenoxy) is 1. The van der Waals surface area contributed by atoms with Crippen molar-refractivity contribution in [1.82, 2.24) is 19.6 Å². The van der Waals surface area contributed by atoms with Gasteiger partial charge in [-0.1, -0.05) is 6.92 Å². The van der Waals surface area contributed by atoms with Crippen LogP contribution in [0.15, 0.2) is 48.9 Å². The molecule has 1 aliphatic heterocycles. The summed E-state index contributed by atoms with van der Waals surface area (Å²) in [6.07, 6.45) is 6.37. The largest absolute Gasteiger partial charge is 0.388 e. The van der Waals surface area contributed by atoms with Gasteiger partial charge in [0.2, 0.25) is 5.95 Å². The van der Waals surface area contributed by atoms with Gasteiger partial charge in [0.05, 0.1) is 53.7 Å². The van der Waals surface area contributed by atoms with Gasteiger partial charge in [0.15, 0.2) is 0 Å². The maximum atomic E-state index is 15.1. The lowest BCUT2D eigenvalue weighted by Crippen LogP contribution is -2.54. The van der Waals surface area contributed by atoms with Crippen molar-refractivity contribution < 1.29 is 23.7 Å². The summed E-state index contributed by atoms with van der Waals surface area (Å²) in [5, 5.41) is 29.0. The molecule has 0 unspecified atom stereocenters. The van der Waals surface area contributed by atoms with E-state index in [1.165, 1.54) is 10.6 Å². The number of rotatable bonds is 5. The first kappa shape index (κ1) is 25.8. The normalized spacial score (nSPS) is 26.4. The van der Waals surface area contributed by atoms with Gasteiger partial charge in [-0.05, 0) is 73.1 Å². The Kier molecular flexibility index (Phi) is 6.14. The van der Waals surface area contributed by atoms with Crippen molar-refractivity contribution >= 4 is 17.2 Å². The predicted molar refractivity (Wildman–Crippen MR) is 140 cm³/mol. The molecule has 4 heterocycles. The first-order chi connectivity index (χ1) is 18.6. The molecule has 5 N–H and O–H groups in total. The number of imidazole rings is 1. The van der Waals surface area contributed by atoms with Crippen LogP contribution < -0.4 is 11.1 Å². The van der Waals surface area contributed by atoms with Crippen molar-refractivity contribution in [1.29, 1.82) is 0 Å². The average Bonchev–Trinajstić information content (AvgIpc) is 3.27. The Labute approximate surface area is 223 Å². The molecule has 0 bridgehead atoms. The van der Waals surface area contributed by atoms with Gasteiger partial charge < -0.3 is 26.0 Å². The smallest absolute Gasteiger partial charge is 0.229 e. The van der Waals surface area contributed by atoms with E-state index in [-0.39, 0.29) is 47.9 Å². The van der Waals surface area contributed by atoms with Crippen LogP contribution in [0.5, 0.6) is 0 Å². The van der Waals surface area contributed by atoms with E-state index in [9.17, 15) is 10.2 Å². The van der Waals surface area contributed by atoms with Crippen LogP contribution in [0.2, 0.25) is 0 Å². The summed E-state index contributed by atoms with van der Waals surface area (Å²) < 4.78 is 36.7. The summed E-state index contributed by atoms with van der Waals surface area (Å²) >= 11 is 0. The number of nitrogens with one attached hydrogen (secondary N) is 1. The first-order valence-corrected chi connectivity index (χ1v) is 12.9. The molecule has 9 nitrogen and oxygen atoms in total. The molecule has 1 saturated carbocycles. The van der Waals surface area contributed by atoms with Crippen LogP contribution in [0.1, 0.15) is 43.7 Å². The number of halogens is 2. The van der Waals surface area contributed by atoms with E-state index in [1.807, 2.05) is 13.0 Å². The number of hydrogen-bond acceptors (Lipinski definition) is 8. The van der Waals surface area contributed by atoms with Crippen molar-refractivity contribution in [2.75, 3.05) is 18.5 Å².